The third-order valence-corrected chi connectivity index (χ3v) is 3.29. The molecular weight excluding hydrogens is 238 g/mol. The summed E-state index contributed by atoms with van der Waals surface area (Å²) in [5.74, 6) is 0.0253. The van der Waals surface area contributed by atoms with Gasteiger partial charge in [-0.1, -0.05) is 13.3 Å². The molecule has 2 aromatic heterocycles. The highest BCUT2D eigenvalue weighted by atomic mass is 16.2. The van der Waals surface area contributed by atoms with Crippen LogP contribution in [0, 0.1) is 6.92 Å². The van der Waals surface area contributed by atoms with Gasteiger partial charge in [-0.25, -0.2) is 4.98 Å². The van der Waals surface area contributed by atoms with E-state index in [1.165, 1.54) is 0 Å². The molecule has 0 fully saturated rings. The minimum atomic E-state index is 0.0253. The number of fused-ring (bicyclic) bond motifs is 1. The quantitative estimate of drug-likeness (QED) is 0.828. The van der Waals surface area contributed by atoms with Crippen molar-refractivity contribution in [2.24, 2.45) is 0 Å². The summed E-state index contributed by atoms with van der Waals surface area (Å²) in [7, 11) is 0. The number of carbonyl (C=O) groups is 1. The maximum absolute atomic E-state index is 12.4. The fourth-order valence-electron chi connectivity index (χ4n) is 2.10. The molecule has 0 aromatic carbocycles. The highest BCUT2D eigenvalue weighted by molar-refractivity contribution is 5.92. The molecule has 0 bridgehead atoms. The molecule has 0 unspecified atom stereocenters. The van der Waals surface area contributed by atoms with Gasteiger partial charge >= 0.3 is 0 Å². The van der Waals surface area contributed by atoms with E-state index >= 15 is 0 Å². The molecule has 0 saturated heterocycles. The standard InChI is InChI=1S/C15H21N3O/c1-4-6-8-17(5-2)15(19)13-11-18-9-7-12(3)10-14(18)16-13/h7,9-11H,4-6,8H2,1-3H3. The number of carbonyl (C=O) groups excluding carboxylic acids is 1. The van der Waals surface area contributed by atoms with Crippen LogP contribution in [0.1, 0.15) is 42.7 Å². The lowest BCUT2D eigenvalue weighted by atomic mass is 10.3. The fraction of sp³-hybridized carbons (Fsp3) is 0.467. The Kier molecular flexibility index (Phi) is 4.20. The van der Waals surface area contributed by atoms with Crippen molar-refractivity contribution < 1.29 is 4.79 Å². The van der Waals surface area contributed by atoms with Crippen molar-refractivity contribution in [3.8, 4) is 0 Å². The minimum Gasteiger partial charge on any atom is -0.338 e. The third kappa shape index (κ3) is 2.95. The second-order valence-corrected chi connectivity index (χ2v) is 4.83. The Morgan fingerprint density at radius 2 is 2.21 bits per heavy atom. The van der Waals surface area contributed by atoms with Crippen molar-refractivity contribution in [1.29, 1.82) is 0 Å². The van der Waals surface area contributed by atoms with Crippen LogP contribution in [-0.2, 0) is 0 Å². The Hall–Kier alpha value is -1.84. The van der Waals surface area contributed by atoms with Gasteiger partial charge in [-0.15, -0.1) is 0 Å². The SMILES string of the molecule is CCCCN(CC)C(=O)c1cn2ccc(C)cc2n1. The summed E-state index contributed by atoms with van der Waals surface area (Å²) in [5, 5.41) is 0. The molecule has 19 heavy (non-hydrogen) atoms. The van der Waals surface area contributed by atoms with Crippen molar-refractivity contribution in [1.82, 2.24) is 14.3 Å². The van der Waals surface area contributed by atoms with Gasteiger partial charge in [0.25, 0.3) is 5.91 Å². The lowest BCUT2D eigenvalue weighted by Gasteiger charge is -2.19. The van der Waals surface area contributed by atoms with Crippen LogP contribution in [0.3, 0.4) is 0 Å². The van der Waals surface area contributed by atoms with E-state index in [9.17, 15) is 4.79 Å². The van der Waals surface area contributed by atoms with Crippen LogP contribution in [0.15, 0.2) is 24.5 Å². The zero-order valence-corrected chi connectivity index (χ0v) is 11.9. The Morgan fingerprint density at radius 1 is 1.42 bits per heavy atom. The maximum atomic E-state index is 12.4. The van der Waals surface area contributed by atoms with Crippen LogP contribution in [0.5, 0.6) is 0 Å². The van der Waals surface area contributed by atoms with Crippen LogP contribution in [0.2, 0.25) is 0 Å². The average molecular weight is 259 g/mol. The van der Waals surface area contributed by atoms with Crippen molar-refractivity contribution >= 4 is 11.6 Å². The van der Waals surface area contributed by atoms with Crippen LogP contribution in [0.25, 0.3) is 5.65 Å². The molecule has 0 spiro atoms. The largest absolute Gasteiger partial charge is 0.338 e. The number of amides is 1. The normalized spacial score (nSPS) is 10.9. The molecule has 0 atom stereocenters. The number of hydrogen-bond acceptors (Lipinski definition) is 2. The number of hydrogen-bond donors (Lipinski definition) is 0. The molecule has 0 saturated carbocycles. The smallest absolute Gasteiger partial charge is 0.274 e. The molecule has 2 heterocycles. The molecule has 2 rings (SSSR count). The van der Waals surface area contributed by atoms with Gasteiger partial charge in [-0.2, -0.15) is 0 Å². The topological polar surface area (TPSA) is 37.6 Å². The molecular formula is C15H21N3O. The van der Waals surface area contributed by atoms with Gasteiger partial charge in [0.15, 0.2) is 0 Å². The highest BCUT2D eigenvalue weighted by Crippen LogP contribution is 2.10. The van der Waals surface area contributed by atoms with Crippen LogP contribution < -0.4 is 0 Å². The van der Waals surface area contributed by atoms with Gasteiger partial charge in [-0.05, 0) is 38.0 Å². The molecule has 0 radical (unpaired) electrons. The monoisotopic (exact) mass is 259 g/mol. The van der Waals surface area contributed by atoms with Gasteiger partial charge in [0, 0.05) is 25.5 Å². The van der Waals surface area contributed by atoms with Gasteiger partial charge in [0.1, 0.15) is 11.3 Å². The van der Waals surface area contributed by atoms with Gasteiger partial charge in [0.05, 0.1) is 0 Å². The van der Waals surface area contributed by atoms with Crippen molar-refractivity contribution in [2.45, 2.75) is 33.6 Å². The Balaban J connectivity index is 2.24. The van der Waals surface area contributed by atoms with E-state index < -0.39 is 0 Å². The van der Waals surface area contributed by atoms with E-state index in [0.29, 0.717) is 5.69 Å². The van der Waals surface area contributed by atoms with E-state index in [-0.39, 0.29) is 5.91 Å². The summed E-state index contributed by atoms with van der Waals surface area (Å²) in [5.41, 5.74) is 2.51. The maximum Gasteiger partial charge on any atom is 0.274 e. The van der Waals surface area contributed by atoms with Crippen LogP contribution in [-0.4, -0.2) is 33.3 Å². The first-order valence-corrected chi connectivity index (χ1v) is 6.90. The number of aryl methyl sites for hydroxylation is 1. The van der Waals surface area contributed by atoms with E-state index in [1.807, 2.05) is 47.7 Å². The second-order valence-electron chi connectivity index (χ2n) is 4.83. The Bertz CT molecular complexity index is 574. The molecule has 0 aliphatic rings. The first kappa shape index (κ1) is 13.6. The molecule has 0 aliphatic carbocycles. The summed E-state index contributed by atoms with van der Waals surface area (Å²) in [6.45, 7) is 7.69. The van der Waals surface area contributed by atoms with Crippen molar-refractivity contribution in [3.05, 3.63) is 35.8 Å². The lowest BCUT2D eigenvalue weighted by Crippen LogP contribution is -2.31. The summed E-state index contributed by atoms with van der Waals surface area (Å²) >= 11 is 0. The molecule has 2 aromatic rings. The number of nitrogens with zero attached hydrogens (tertiary/aromatic N) is 3. The van der Waals surface area contributed by atoms with Gasteiger partial charge < -0.3 is 9.30 Å². The van der Waals surface area contributed by atoms with E-state index in [1.54, 1.807) is 0 Å². The zero-order valence-electron chi connectivity index (χ0n) is 11.9. The average Bonchev–Trinajstić information content (AvgIpc) is 2.82. The first-order chi connectivity index (χ1) is 9.15. The summed E-state index contributed by atoms with van der Waals surface area (Å²) in [6, 6.07) is 4.00. The number of unbranched alkanes of at least 4 members (excludes halogenated alkanes) is 1. The predicted octanol–water partition coefficient (Wildman–Crippen LogP) is 2.90. The summed E-state index contributed by atoms with van der Waals surface area (Å²) in [4.78, 5) is 18.7. The number of pyridine rings is 1. The minimum absolute atomic E-state index is 0.0253. The Morgan fingerprint density at radius 3 is 2.89 bits per heavy atom. The number of imidazole rings is 1. The Labute approximate surface area is 114 Å². The second kappa shape index (κ2) is 5.87. The summed E-state index contributed by atoms with van der Waals surface area (Å²) in [6.07, 6.45) is 5.88. The molecule has 0 aliphatic heterocycles. The van der Waals surface area contributed by atoms with E-state index in [2.05, 4.69) is 11.9 Å². The third-order valence-electron chi connectivity index (χ3n) is 3.29. The van der Waals surface area contributed by atoms with Crippen LogP contribution in [0.4, 0.5) is 0 Å². The molecule has 4 heteroatoms. The molecule has 1 amide bonds. The highest BCUT2D eigenvalue weighted by Gasteiger charge is 2.16. The lowest BCUT2D eigenvalue weighted by molar-refractivity contribution is 0.0757. The van der Waals surface area contributed by atoms with Crippen molar-refractivity contribution in [2.75, 3.05) is 13.1 Å². The van der Waals surface area contributed by atoms with Crippen molar-refractivity contribution in [3.63, 3.8) is 0 Å². The summed E-state index contributed by atoms with van der Waals surface area (Å²) < 4.78 is 1.90. The fourth-order valence-corrected chi connectivity index (χ4v) is 2.10. The molecule has 4 nitrogen and oxygen atoms in total. The predicted molar refractivity (Wildman–Crippen MR) is 76.4 cm³/mol. The molecule has 102 valence electrons. The number of rotatable bonds is 5. The van der Waals surface area contributed by atoms with Gasteiger partial charge in [-0.3, -0.25) is 4.79 Å². The van der Waals surface area contributed by atoms with Gasteiger partial charge in [0.2, 0.25) is 0 Å². The first-order valence-electron chi connectivity index (χ1n) is 6.90. The number of aromatic nitrogens is 2. The van der Waals surface area contributed by atoms with E-state index in [4.69, 9.17) is 0 Å². The molecule has 0 N–H and O–H groups in total. The van der Waals surface area contributed by atoms with Crippen LogP contribution >= 0.6 is 0 Å². The zero-order chi connectivity index (χ0) is 13.8. The van der Waals surface area contributed by atoms with E-state index in [0.717, 1.165) is 37.1 Å².